The first-order chi connectivity index (χ1) is 7.93. The molecular formula is C15H15FO. The van der Waals surface area contributed by atoms with Gasteiger partial charge < -0.3 is 0 Å². The summed E-state index contributed by atoms with van der Waals surface area (Å²) in [6.07, 6.45) is 3.82. The fourth-order valence-electron chi connectivity index (χ4n) is 2.39. The molecule has 0 amide bonds. The van der Waals surface area contributed by atoms with Crippen molar-refractivity contribution in [3.05, 3.63) is 58.9 Å². The van der Waals surface area contributed by atoms with Crippen molar-refractivity contribution < 1.29 is 9.18 Å². The van der Waals surface area contributed by atoms with Crippen LogP contribution < -0.4 is 0 Å². The number of carbonyl (C=O) groups excluding carboxylic acids is 1. The molecule has 0 radical (unpaired) electrons. The third-order valence-corrected chi connectivity index (χ3v) is 3.23. The summed E-state index contributed by atoms with van der Waals surface area (Å²) in [7, 11) is 0. The second-order valence-corrected chi connectivity index (χ2v) is 4.75. The van der Waals surface area contributed by atoms with E-state index in [0.717, 1.165) is 16.7 Å². The van der Waals surface area contributed by atoms with Crippen molar-refractivity contribution in [2.24, 2.45) is 0 Å². The molecule has 1 atom stereocenters. The lowest BCUT2D eigenvalue weighted by atomic mass is 9.72. The standard InChI is InChI=1S/C15H15FO/c1-10-8-11(2)14(17)15(3,9-10)12-4-6-13(16)7-5-12/h4-9H,1-3H3. The number of carbonyl (C=O) groups is 1. The molecule has 88 valence electrons. The van der Waals surface area contributed by atoms with E-state index in [2.05, 4.69) is 0 Å². The van der Waals surface area contributed by atoms with Crippen molar-refractivity contribution in [2.75, 3.05) is 0 Å². The predicted molar refractivity (Wildman–Crippen MR) is 66.3 cm³/mol. The molecule has 0 bridgehead atoms. The third kappa shape index (κ3) is 1.95. The molecule has 1 nitrogen and oxygen atoms in total. The molecule has 0 heterocycles. The van der Waals surface area contributed by atoms with Crippen LogP contribution in [0.25, 0.3) is 0 Å². The van der Waals surface area contributed by atoms with E-state index in [1.54, 1.807) is 12.1 Å². The summed E-state index contributed by atoms with van der Waals surface area (Å²) in [4.78, 5) is 12.3. The summed E-state index contributed by atoms with van der Waals surface area (Å²) >= 11 is 0. The minimum Gasteiger partial charge on any atom is -0.293 e. The highest BCUT2D eigenvalue weighted by atomic mass is 19.1. The Bertz CT molecular complexity index is 522. The van der Waals surface area contributed by atoms with Gasteiger partial charge >= 0.3 is 0 Å². The predicted octanol–water partition coefficient (Wildman–Crippen LogP) is 3.56. The number of hydrogen-bond acceptors (Lipinski definition) is 1. The minimum absolute atomic E-state index is 0.0784. The van der Waals surface area contributed by atoms with Gasteiger partial charge in [-0.05, 0) is 44.0 Å². The number of ketones is 1. The topological polar surface area (TPSA) is 17.1 Å². The number of rotatable bonds is 1. The molecule has 0 fully saturated rings. The molecule has 1 aromatic carbocycles. The second kappa shape index (κ2) is 3.95. The van der Waals surface area contributed by atoms with Gasteiger partial charge in [-0.25, -0.2) is 4.39 Å². The van der Waals surface area contributed by atoms with E-state index < -0.39 is 5.41 Å². The van der Waals surface area contributed by atoms with Crippen LogP contribution in [0.15, 0.2) is 47.6 Å². The molecule has 0 saturated heterocycles. The zero-order valence-electron chi connectivity index (χ0n) is 10.3. The van der Waals surface area contributed by atoms with Gasteiger partial charge in [0, 0.05) is 0 Å². The van der Waals surface area contributed by atoms with Crippen LogP contribution in [0.5, 0.6) is 0 Å². The molecule has 0 aromatic heterocycles. The molecule has 1 aliphatic carbocycles. The van der Waals surface area contributed by atoms with Gasteiger partial charge in [0.25, 0.3) is 0 Å². The highest BCUT2D eigenvalue weighted by Crippen LogP contribution is 2.34. The van der Waals surface area contributed by atoms with Crippen molar-refractivity contribution in [2.45, 2.75) is 26.2 Å². The molecule has 0 aliphatic heterocycles. The second-order valence-electron chi connectivity index (χ2n) is 4.75. The van der Waals surface area contributed by atoms with Crippen LogP contribution in [0.2, 0.25) is 0 Å². The Labute approximate surface area is 101 Å². The van der Waals surface area contributed by atoms with E-state index in [4.69, 9.17) is 0 Å². The largest absolute Gasteiger partial charge is 0.293 e. The van der Waals surface area contributed by atoms with Gasteiger partial charge in [0.05, 0.1) is 5.41 Å². The average Bonchev–Trinajstić information content (AvgIpc) is 2.26. The third-order valence-electron chi connectivity index (χ3n) is 3.23. The fraction of sp³-hybridized carbons (Fsp3) is 0.267. The number of Topliss-reactive ketones (excluding diaryl/α,β-unsaturated/α-hetero) is 1. The smallest absolute Gasteiger partial charge is 0.172 e. The SMILES string of the molecule is CC1=CC(C)(c2ccc(F)cc2)C(=O)C(C)=C1. The van der Waals surface area contributed by atoms with E-state index >= 15 is 0 Å². The van der Waals surface area contributed by atoms with Crippen molar-refractivity contribution in [1.29, 1.82) is 0 Å². The summed E-state index contributed by atoms with van der Waals surface area (Å²) in [6.45, 7) is 5.67. The van der Waals surface area contributed by atoms with Gasteiger partial charge in [0.2, 0.25) is 0 Å². The van der Waals surface area contributed by atoms with Crippen LogP contribution in [0, 0.1) is 5.82 Å². The highest BCUT2D eigenvalue weighted by Gasteiger charge is 2.35. The van der Waals surface area contributed by atoms with Crippen molar-refractivity contribution in [3.8, 4) is 0 Å². The van der Waals surface area contributed by atoms with Gasteiger partial charge in [-0.1, -0.05) is 29.9 Å². The Balaban J connectivity index is 2.53. The number of benzene rings is 1. The van der Waals surface area contributed by atoms with E-state index in [0.29, 0.717) is 0 Å². The molecule has 1 unspecified atom stereocenters. The maximum Gasteiger partial charge on any atom is 0.172 e. The maximum atomic E-state index is 12.9. The number of allylic oxidation sites excluding steroid dienone is 4. The summed E-state index contributed by atoms with van der Waals surface area (Å²) < 4.78 is 12.9. The Hall–Kier alpha value is -1.70. The van der Waals surface area contributed by atoms with Gasteiger partial charge in [-0.3, -0.25) is 4.79 Å². The van der Waals surface area contributed by atoms with Crippen LogP contribution in [0.1, 0.15) is 26.3 Å². The lowest BCUT2D eigenvalue weighted by Gasteiger charge is -2.29. The molecule has 1 aliphatic rings. The number of halogens is 1. The lowest BCUT2D eigenvalue weighted by Crippen LogP contribution is -2.33. The van der Waals surface area contributed by atoms with Gasteiger partial charge in [0.15, 0.2) is 5.78 Å². The van der Waals surface area contributed by atoms with Crippen LogP contribution in [-0.4, -0.2) is 5.78 Å². The van der Waals surface area contributed by atoms with Gasteiger partial charge in [0.1, 0.15) is 5.82 Å². The summed E-state index contributed by atoms with van der Waals surface area (Å²) in [5.74, 6) is -0.205. The van der Waals surface area contributed by atoms with Crippen molar-refractivity contribution in [1.82, 2.24) is 0 Å². The van der Waals surface area contributed by atoms with Gasteiger partial charge in [-0.15, -0.1) is 0 Å². The Morgan fingerprint density at radius 2 is 1.71 bits per heavy atom. The quantitative estimate of drug-likeness (QED) is 0.721. The highest BCUT2D eigenvalue weighted by molar-refractivity contribution is 6.06. The molecule has 0 saturated carbocycles. The summed E-state index contributed by atoms with van der Waals surface area (Å²) in [5, 5.41) is 0. The Kier molecular flexibility index (Phi) is 2.74. The maximum absolute atomic E-state index is 12.9. The average molecular weight is 230 g/mol. The lowest BCUT2D eigenvalue weighted by molar-refractivity contribution is -0.119. The van der Waals surface area contributed by atoms with Crippen LogP contribution in [-0.2, 0) is 10.2 Å². The first-order valence-electron chi connectivity index (χ1n) is 5.62. The monoisotopic (exact) mass is 230 g/mol. The zero-order chi connectivity index (χ0) is 12.6. The molecule has 1 aromatic rings. The number of hydrogen-bond donors (Lipinski definition) is 0. The van der Waals surface area contributed by atoms with Gasteiger partial charge in [-0.2, -0.15) is 0 Å². The van der Waals surface area contributed by atoms with E-state index in [-0.39, 0.29) is 11.6 Å². The van der Waals surface area contributed by atoms with Crippen molar-refractivity contribution in [3.63, 3.8) is 0 Å². The molecule has 0 spiro atoms. The molecule has 0 N–H and O–H groups in total. The van der Waals surface area contributed by atoms with Crippen LogP contribution >= 0.6 is 0 Å². The molecular weight excluding hydrogens is 215 g/mol. The minimum atomic E-state index is -0.670. The first-order valence-corrected chi connectivity index (χ1v) is 5.62. The van der Waals surface area contributed by atoms with Crippen LogP contribution in [0.3, 0.4) is 0 Å². The van der Waals surface area contributed by atoms with E-state index in [1.165, 1.54) is 12.1 Å². The molecule has 2 rings (SSSR count). The van der Waals surface area contributed by atoms with Crippen LogP contribution in [0.4, 0.5) is 4.39 Å². The van der Waals surface area contributed by atoms with Crippen molar-refractivity contribution >= 4 is 5.78 Å². The van der Waals surface area contributed by atoms with E-state index in [1.807, 2.05) is 32.9 Å². The normalized spacial score (nSPS) is 24.4. The molecule has 2 heteroatoms. The fourth-order valence-corrected chi connectivity index (χ4v) is 2.39. The summed E-state index contributed by atoms with van der Waals surface area (Å²) in [5.41, 5.74) is 1.97. The Morgan fingerprint density at radius 1 is 1.12 bits per heavy atom. The molecule has 17 heavy (non-hydrogen) atoms. The Morgan fingerprint density at radius 3 is 2.29 bits per heavy atom. The summed E-state index contributed by atoms with van der Waals surface area (Å²) in [6, 6.07) is 6.14. The first kappa shape index (κ1) is 11.8. The van der Waals surface area contributed by atoms with E-state index in [9.17, 15) is 9.18 Å². The zero-order valence-corrected chi connectivity index (χ0v) is 10.3.